The summed E-state index contributed by atoms with van der Waals surface area (Å²) in [5.74, 6) is 1.35. The molecule has 0 unspecified atom stereocenters. The fraction of sp³-hybridized carbons (Fsp3) is 0.500. The van der Waals surface area contributed by atoms with Gasteiger partial charge in [0.25, 0.3) is 0 Å². The van der Waals surface area contributed by atoms with Crippen LogP contribution in [0.25, 0.3) is 0 Å². The van der Waals surface area contributed by atoms with Gasteiger partial charge in [-0.15, -0.1) is 0 Å². The molecule has 0 heterocycles. The Bertz CT molecular complexity index is 425. The van der Waals surface area contributed by atoms with Crippen LogP contribution in [0.1, 0.15) is 32.3 Å². The molecule has 0 N–H and O–H groups in total. The van der Waals surface area contributed by atoms with Crippen molar-refractivity contribution in [3.05, 3.63) is 34.9 Å². The summed E-state index contributed by atoms with van der Waals surface area (Å²) in [5.41, 5.74) is 0.805. The van der Waals surface area contributed by atoms with E-state index in [9.17, 15) is 5.26 Å². The van der Waals surface area contributed by atoms with E-state index < -0.39 is 0 Å². The van der Waals surface area contributed by atoms with E-state index >= 15 is 0 Å². The van der Waals surface area contributed by atoms with Crippen LogP contribution in [-0.4, -0.2) is 0 Å². The molecule has 0 spiro atoms. The van der Waals surface area contributed by atoms with Crippen LogP contribution in [0.3, 0.4) is 0 Å². The molecule has 2 rings (SSSR count). The summed E-state index contributed by atoms with van der Waals surface area (Å²) in [4.78, 5) is 0. The van der Waals surface area contributed by atoms with Crippen molar-refractivity contribution in [2.45, 2.75) is 32.1 Å². The quantitative estimate of drug-likeness (QED) is 0.752. The first kappa shape index (κ1) is 11.5. The third-order valence-electron chi connectivity index (χ3n) is 3.76. The van der Waals surface area contributed by atoms with Gasteiger partial charge in [0.05, 0.1) is 11.5 Å². The Morgan fingerprint density at radius 1 is 1.44 bits per heavy atom. The second-order valence-corrected chi connectivity index (χ2v) is 5.55. The van der Waals surface area contributed by atoms with Crippen LogP contribution in [-0.2, 0) is 5.41 Å². The van der Waals surface area contributed by atoms with Crippen LogP contribution in [0.5, 0.6) is 0 Å². The van der Waals surface area contributed by atoms with Gasteiger partial charge in [0, 0.05) is 5.02 Å². The number of rotatable bonds is 2. The van der Waals surface area contributed by atoms with E-state index in [-0.39, 0.29) is 5.41 Å². The Kier molecular flexibility index (Phi) is 2.95. The normalized spacial score (nSPS) is 28.6. The van der Waals surface area contributed by atoms with Crippen molar-refractivity contribution in [2.24, 2.45) is 11.8 Å². The first-order chi connectivity index (χ1) is 7.57. The van der Waals surface area contributed by atoms with Crippen molar-refractivity contribution in [3.63, 3.8) is 0 Å². The van der Waals surface area contributed by atoms with Gasteiger partial charge in [-0.05, 0) is 42.4 Å². The average molecular weight is 234 g/mol. The second-order valence-electron chi connectivity index (χ2n) is 5.12. The third kappa shape index (κ3) is 1.83. The zero-order valence-corrected chi connectivity index (χ0v) is 10.5. The van der Waals surface area contributed by atoms with Crippen molar-refractivity contribution in [3.8, 4) is 6.07 Å². The smallest absolute Gasteiger partial charge is 0.0828 e. The SMILES string of the molecule is CC(C)C1CC(C#N)(c2cccc(Cl)c2)C1. The summed E-state index contributed by atoms with van der Waals surface area (Å²) in [7, 11) is 0. The van der Waals surface area contributed by atoms with E-state index in [2.05, 4.69) is 19.9 Å². The fourth-order valence-electron chi connectivity index (χ4n) is 2.48. The highest BCUT2D eigenvalue weighted by molar-refractivity contribution is 6.30. The molecule has 1 aliphatic rings. The van der Waals surface area contributed by atoms with Crippen LogP contribution in [0.15, 0.2) is 24.3 Å². The van der Waals surface area contributed by atoms with Gasteiger partial charge in [-0.25, -0.2) is 0 Å². The maximum absolute atomic E-state index is 9.39. The minimum atomic E-state index is -0.278. The van der Waals surface area contributed by atoms with Gasteiger partial charge in [-0.2, -0.15) is 5.26 Å². The molecule has 16 heavy (non-hydrogen) atoms. The lowest BCUT2D eigenvalue weighted by Crippen LogP contribution is -2.42. The van der Waals surface area contributed by atoms with E-state index in [4.69, 9.17) is 11.6 Å². The molecule has 0 atom stereocenters. The number of nitriles is 1. The molecule has 84 valence electrons. The monoisotopic (exact) mass is 233 g/mol. The van der Waals surface area contributed by atoms with Crippen LogP contribution in [0, 0.1) is 23.2 Å². The minimum Gasteiger partial charge on any atom is -0.197 e. The lowest BCUT2D eigenvalue weighted by molar-refractivity contribution is 0.145. The summed E-state index contributed by atoms with van der Waals surface area (Å²) >= 11 is 5.98. The molecule has 1 nitrogen and oxygen atoms in total. The van der Waals surface area contributed by atoms with Gasteiger partial charge in [-0.3, -0.25) is 0 Å². The van der Waals surface area contributed by atoms with Gasteiger partial charge in [-0.1, -0.05) is 37.6 Å². The number of hydrogen-bond acceptors (Lipinski definition) is 1. The predicted octanol–water partition coefficient (Wildman–Crippen LogP) is 4.17. The molecule has 1 saturated carbocycles. The van der Waals surface area contributed by atoms with Gasteiger partial charge in [0.1, 0.15) is 0 Å². The Balaban J connectivity index is 2.23. The molecular weight excluding hydrogens is 218 g/mol. The Morgan fingerprint density at radius 2 is 2.12 bits per heavy atom. The van der Waals surface area contributed by atoms with Gasteiger partial charge < -0.3 is 0 Å². The van der Waals surface area contributed by atoms with Gasteiger partial charge in [0.2, 0.25) is 0 Å². The average Bonchev–Trinajstić information content (AvgIpc) is 2.16. The molecule has 1 fully saturated rings. The molecular formula is C14H16ClN. The van der Waals surface area contributed by atoms with Gasteiger partial charge >= 0.3 is 0 Å². The van der Waals surface area contributed by atoms with Crippen molar-refractivity contribution >= 4 is 11.6 Å². The number of nitrogens with zero attached hydrogens (tertiary/aromatic N) is 1. The summed E-state index contributed by atoms with van der Waals surface area (Å²) < 4.78 is 0. The Labute approximate surface area is 102 Å². The molecule has 0 saturated heterocycles. The van der Waals surface area contributed by atoms with Crippen LogP contribution in [0.4, 0.5) is 0 Å². The number of hydrogen-bond donors (Lipinski definition) is 0. The van der Waals surface area contributed by atoms with E-state index in [1.165, 1.54) is 0 Å². The lowest BCUT2D eigenvalue weighted by atomic mass is 9.57. The second kappa shape index (κ2) is 4.11. The highest BCUT2D eigenvalue weighted by Crippen LogP contribution is 2.50. The Morgan fingerprint density at radius 3 is 2.62 bits per heavy atom. The van der Waals surface area contributed by atoms with E-state index in [0.717, 1.165) is 23.4 Å². The maximum Gasteiger partial charge on any atom is 0.0828 e. The highest BCUT2D eigenvalue weighted by Gasteiger charge is 2.46. The van der Waals surface area contributed by atoms with Crippen molar-refractivity contribution < 1.29 is 0 Å². The number of halogens is 1. The van der Waals surface area contributed by atoms with Crippen LogP contribution in [0.2, 0.25) is 5.02 Å². The molecule has 0 bridgehead atoms. The summed E-state index contributed by atoms with van der Waals surface area (Å²) in [6.45, 7) is 4.45. The standard InChI is InChI=1S/C14H16ClN/c1-10(2)11-7-14(8-11,9-16)12-4-3-5-13(15)6-12/h3-6,10-11H,7-8H2,1-2H3. The number of benzene rings is 1. The van der Waals surface area contributed by atoms with Crippen LogP contribution >= 0.6 is 11.6 Å². The summed E-state index contributed by atoms with van der Waals surface area (Å²) in [6, 6.07) is 10.2. The zero-order valence-electron chi connectivity index (χ0n) is 9.70. The molecule has 1 aliphatic carbocycles. The van der Waals surface area contributed by atoms with E-state index in [1.807, 2.05) is 24.3 Å². The Hall–Kier alpha value is -1.00. The molecule has 2 heteroatoms. The fourth-order valence-corrected chi connectivity index (χ4v) is 2.67. The lowest BCUT2D eigenvalue weighted by Gasteiger charge is -2.45. The summed E-state index contributed by atoms with van der Waals surface area (Å²) in [6.07, 6.45) is 1.95. The molecule has 0 aliphatic heterocycles. The first-order valence-electron chi connectivity index (χ1n) is 5.75. The van der Waals surface area contributed by atoms with E-state index in [0.29, 0.717) is 11.8 Å². The molecule has 0 aromatic heterocycles. The maximum atomic E-state index is 9.39. The van der Waals surface area contributed by atoms with E-state index in [1.54, 1.807) is 0 Å². The van der Waals surface area contributed by atoms with Crippen molar-refractivity contribution in [2.75, 3.05) is 0 Å². The topological polar surface area (TPSA) is 23.8 Å². The minimum absolute atomic E-state index is 0.278. The predicted molar refractivity (Wildman–Crippen MR) is 66.3 cm³/mol. The van der Waals surface area contributed by atoms with Crippen molar-refractivity contribution in [1.82, 2.24) is 0 Å². The zero-order chi connectivity index (χ0) is 11.8. The van der Waals surface area contributed by atoms with Gasteiger partial charge in [0.15, 0.2) is 0 Å². The van der Waals surface area contributed by atoms with Crippen LogP contribution < -0.4 is 0 Å². The third-order valence-corrected chi connectivity index (χ3v) is 3.99. The molecule has 1 aromatic carbocycles. The summed E-state index contributed by atoms with van der Waals surface area (Å²) in [5, 5.41) is 10.1. The van der Waals surface area contributed by atoms with Crippen molar-refractivity contribution in [1.29, 1.82) is 5.26 Å². The molecule has 1 aromatic rings. The highest BCUT2D eigenvalue weighted by atomic mass is 35.5. The molecule has 0 radical (unpaired) electrons. The molecule has 0 amide bonds. The largest absolute Gasteiger partial charge is 0.197 e. The first-order valence-corrected chi connectivity index (χ1v) is 6.12.